The van der Waals surface area contributed by atoms with Gasteiger partial charge in [0.25, 0.3) is 0 Å². The van der Waals surface area contributed by atoms with E-state index in [9.17, 15) is 8.42 Å². The van der Waals surface area contributed by atoms with Crippen molar-refractivity contribution in [2.75, 3.05) is 0 Å². The van der Waals surface area contributed by atoms with Crippen LogP contribution >= 0.6 is 0 Å². The van der Waals surface area contributed by atoms with Gasteiger partial charge in [0.2, 0.25) is 10.0 Å². The fraction of sp³-hybridized carbons (Fsp3) is 0.368. The highest BCUT2D eigenvalue weighted by molar-refractivity contribution is 7.89. The van der Waals surface area contributed by atoms with Crippen LogP contribution in [0.2, 0.25) is 0 Å². The zero-order valence-electron chi connectivity index (χ0n) is 15.6. The monoisotopic (exact) mass is 386 g/mol. The van der Waals surface area contributed by atoms with Crippen molar-refractivity contribution >= 4 is 10.0 Å². The van der Waals surface area contributed by atoms with Crippen LogP contribution in [-0.2, 0) is 23.5 Å². The van der Waals surface area contributed by atoms with Gasteiger partial charge in [0.05, 0.1) is 22.8 Å². The summed E-state index contributed by atoms with van der Waals surface area (Å²) in [5.41, 5.74) is 4.37. The summed E-state index contributed by atoms with van der Waals surface area (Å²) < 4.78 is 36.3. The Balaban J connectivity index is 1.71. The predicted molar refractivity (Wildman–Crippen MR) is 101 cm³/mol. The molecule has 0 saturated heterocycles. The molecule has 0 amide bonds. The van der Waals surface area contributed by atoms with Gasteiger partial charge in [-0.3, -0.25) is 4.68 Å². The van der Waals surface area contributed by atoms with Crippen LogP contribution < -0.4 is 4.72 Å². The average molecular weight is 386 g/mol. The normalized spacial score (nSPS) is 17.1. The third kappa shape index (κ3) is 3.19. The largest absolute Gasteiger partial charge is 0.356 e. The molecule has 0 bridgehead atoms. The Morgan fingerprint density at radius 3 is 2.81 bits per heavy atom. The van der Waals surface area contributed by atoms with Crippen molar-refractivity contribution in [1.29, 1.82) is 0 Å². The smallest absolute Gasteiger partial charge is 0.241 e. The molecule has 3 aromatic rings. The van der Waals surface area contributed by atoms with Crippen LogP contribution in [0, 0.1) is 13.8 Å². The molecule has 1 atom stereocenters. The summed E-state index contributed by atoms with van der Waals surface area (Å²) in [5.74, 6) is 0.537. The molecule has 1 N–H and O–H groups in total. The van der Waals surface area contributed by atoms with E-state index in [0.29, 0.717) is 16.9 Å². The summed E-state index contributed by atoms with van der Waals surface area (Å²) in [6.07, 6.45) is 4.15. The lowest BCUT2D eigenvalue weighted by Gasteiger charge is -2.25. The van der Waals surface area contributed by atoms with E-state index in [0.717, 1.165) is 36.2 Å². The molecular formula is C19H22N4O3S. The number of fused-ring (bicyclic) bond motifs is 1. The van der Waals surface area contributed by atoms with Gasteiger partial charge in [0.1, 0.15) is 0 Å². The van der Waals surface area contributed by atoms with Crippen molar-refractivity contribution < 1.29 is 12.9 Å². The third-order valence-electron chi connectivity index (χ3n) is 5.14. The van der Waals surface area contributed by atoms with Crippen molar-refractivity contribution in [2.45, 2.75) is 44.0 Å². The second-order valence-corrected chi connectivity index (χ2v) is 8.67. The summed E-state index contributed by atoms with van der Waals surface area (Å²) >= 11 is 0. The first-order chi connectivity index (χ1) is 12.9. The van der Waals surface area contributed by atoms with Crippen molar-refractivity contribution in [3.05, 3.63) is 53.0 Å². The maximum absolute atomic E-state index is 13.2. The van der Waals surface area contributed by atoms with Gasteiger partial charge in [-0.25, -0.2) is 13.1 Å². The molecule has 2 heterocycles. The fourth-order valence-electron chi connectivity index (χ4n) is 3.87. The van der Waals surface area contributed by atoms with Crippen molar-refractivity contribution in [1.82, 2.24) is 19.7 Å². The molecule has 0 saturated carbocycles. The average Bonchev–Trinajstić information content (AvgIpc) is 3.24. The van der Waals surface area contributed by atoms with Gasteiger partial charge >= 0.3 is 0 Å². The SMILES string of the molecule is Cc1ccc(-c2ccno2)cc1S(=O)(=O)NC1CCCc2c1c(C)nn2C. The minimum Gasteiger partial charge on any atom is -0.356 e. The topological polar surface area (TPSA) is 90.0 Å². The Kier molecular flexibility index (Phi) is 4.39. The van der Waals surface area contributed by atoms with Crippen LogP contribution in [0.25, 0.3) is 11.3 Å². The Bertz CT molecular complexity index is 1080. The maximum Gasteiger partial charge on any atom is 0.241 e. The lowest BCUT2D eigenvalue weighted by molar-refractivity contribution is 0.432. The first-order valence-electron chi connectivity index (χ1n) is 8.93. The molecule has 0 radical (unpaired) electrons. The number of rotatable bonds is 4. The first kappa shape index (κ1) is 17.9. The molecule has 8 heteroatoms. The highest BCUT2D eigenvalue weighted by Crippen LogP contribution is 2.34. The van der Waals surface area contributed by atoms with Crippen LogP contribution in [0.15, 0.2) is 39.9 Å². The Morgan fingerprint density at radius 1 is 1.26 bits per heavy atom. The van der Waals surface area contributed by atoms with Gasteiger partial charge in [0, 0.05) is 29.9 Å². The van der Waals surface area contributed by atoms with Crippen LogP contribution in [0.4, 0.5) is 0 Å². The van der Waals surface area contributed by atoms with E-state index < -0.39 is 10.0 Å². The minimum absolute atomic E-state index is 0.255. The number of hydrogen-bond donors (Lipinski definition) is 1. The fourth-order valence-corrected chi connectivity index (χ4v) is 5.38. The molecule has 0 spiro atoms. The Morgan fingerprint density at radius 2 is 2.07 bits per heavy atom. The van der Waals surface area contributed by atoms with Gasteiger partial charge in [0.15, 0.2) is 5.76 Å². The first-order valence-corrected chi connectivity index (χ1v) is 10.4. The summed E-state index contributed by atoms with van der Waals surface area (Å²) in [6, 6.07) is 6.70. The van der Waals surface area contributed by atoms with E-state index in [1.807, 2.05) is 24.7 Å². The number of aromatic nitrogens is 3. The van der Waals surface area contributed by atoms with Crippen LogP contribution in [-0.4, -0.2) is 23.4 Å². The molecule has 0 fully saturated rings. The molecule has 0 aliphatic heterocycles. The second kappa shape index (κ2) is 6.61. The van der Waals surface area contributed by atoms with E-state index >= 15 is 0 Å². The Hall–Kier alpha value is -2.45. The molecule has 1 aliphatic carbocycles. The highest BCUT2D eigenvalue weighted by Gasteiger charge is 2.30. The molecular weight excluding hydrogens is 364 g/mol. The van der Waals surface area contributed by atoms with Crippen LogP contribution in [0.3, 0.4) is 0 Å². The summed E-state index contributed by atoms with van der Waals surface area (Å²) in [5, 5.41) is 8.17. The van der Waals surface area contributed by atoms with E-state index in [1.165, 1.54) is 6.20 Å². The van der Waals surface area contributed by atoms with Gasteiger partial charge in [-0.05, 0) is 44.7 Å². The molecule has 1 aliphatic rings. The summed E-state index contributed by atoms with van der Waals surface area (Å²) in [6.45, 7) is 3.72. The summed E-state index contributed by atoms with van der Waals surface area (Å²) in [7, 11) is -1.79. The highest BCUT2D eigenvalue weighted by atomic mass is 32.2. The molecule has 1 unspecified atom stereocenters. The number of nitrogens with one attached hydrogen (secondary N) is 1. The maximum atomic E-state index is 13.2. The van der Waals surface area contributed by atoms with Crippen LogP contribution in [0.1, 0.15) is 41.4 Å². The minimum atomic E-state index is -3.70. The second-order valence-electron chi connectivity index (χ2n) is 6.99. The van der Waals surface area contributed by atoms with Crippen LogP contribution in [0.5, 0.6) is 0 Å². The van der Waals surface area contributed by atoms with Gasteiger partial charge in [-0.15, -0.1) is 0 Å². The molecule has 2 aromatic heterocycles. The van der Waals surface area contributed by atoms with Gasteiger partial charge < -0.3 is 4.52 Å². The van der Waals surface area contributed by atoms with Gasteiger partial charge in [-0.2, -0.15) is 5.10 Å². The summed E-state index contributed by atoms with van der Waals surface area (Å²) in [4.78, 5) is 0.255. The van der Waals surface area contributed by atoms with Gasteiger partial charge in [-0.1, -0.05) is 17.3 Å². The number of sulfonamides is 1. The lowest BCUT2D eigenvalue weighted by atomic mass is 9.92. The number of benzene rings is 1. The zero-order valence-corrected chi connectivity index (χ0v) is 16.4. The Labute approximate surface area is 158 Å². The number of aryl methyl sites for hydroxylation is 3. The standard InChI is InChI=1S/C19H22N4O3S/c1-12-7-8-14(17-9-10-20-26-17)11-18(12)27(24,25)22-15-5-4-6-16-19(15)13(2)21-23(16)3/h7-11,15,22H,4-6H2,1-3H3. The molecule has 7 nitrogen and oxygen atoms in total. The quantitative estimate of drug-likeness (QED) is 0.744. The predicted octanol–water partition coefficient (Wildman–Crippen LogP) is 3.05. The van der Waals surface area contributed by atoms with E-state index in [-0.39, 0.29) is 10.9 Å². The molecule has 27 heavy (non-hydrogen) atoms. The number of hydrogen-bond acceptors (Lipinski definition) is 5. The molecule has 4 rings (SSSR count). The molecule has 1 aromatic carbocycles. The van der Waals surface area contributed by atoms with Crippen molar-refractivity contribution in [3.8, 4) is 11.3 Å². The zero-order chi connectivity index (χ0) is 19.2. The number of nitrogens with zero attached hydrogens (tertiary/aromatic N) is 3. The van der Waals surface area contributed by atoms with Crippen molar-refractivity contribution in [3.63, 3.8) is 0 Å². The van der Waals surface area contributed by atoms with Crippen molar-refractivity contribution in [2.24, 2.45) is 7.05 Å². The molecule has 142 valence electrons. The lowest BCUT2D eigenvalue weighted by Crippen LogP contribution is -2.31. The third-order valence-corrected chi connectivity index (χ3v) is 6.76. The van der Waals surface area contributed by atoms with E-state index in [4.69, 9.17) is 4.52 Å². The van der Waals surface area contributed by atoms with E-state index in [2.05, 4.69) is 15.0 Å². The van der Waals surface area contributed by atoms with E-state index in [1.54, 1.807) is 25.1 Å².